The Hall–Kier alpha value is -3.45. The van der Waals surface area contributed by atoms with Gasteiger partial charge in [0.25, 0.3) is 5.91 Å². The summed E-state index contributed by atoms with van der Waals surface area (Å²) in [7, 11) is 3.53. The Morgan fingerprint density at radius 1 is 1.16 bits per heavy atom. The van der Waals surface area contributed by atoms with Crippen LogP contribution in [0.15, 0.2) is 54.9 Å². The number of para-hydroxylation sites is 1. The van der Waals surface area contributed by atoms with Gasteiger partial charge >= 0.3 is 0 Å². The number of thiazole rings is 1. The predicted molar refractivity (Wildman–Crippen MR) is 127 cm³/mol. The Labute approximate surface area is 191 Å². The van der Waals surface area contributed by atoms with E-state index in [0.29, 0.717) is 16.3 Å². The second-order valence-corrected chi connectivity index (χ2v) is 8.80. The summed E-state index contributed by atoms with van der Waals surface area (Å²) in [5.74, 6) is 1.23. The number of ether oxygens (including phenoxy) is 1. The van der Waals surface area contributed by atoms with E-state index in [4.69, 9.17) is 9.72 Å². The Bertz CT molecular complexity index is 1270. The molecule has 1 unspecified atom stereocenters. The van der Waals surface area contributed by atoms with Crippen LogP contribution in [0, 0.1) is 20.8 Å². The minimum Gasteiger partial charge on any atom is -0.496 e. The average Bonchev–Trinajstić information content (AvgIpc) is 3.37. The Morgan fingerprint density at radius 3 is 2.62 bits per heavy atom. The van der Waals surface area contributed by atoms with E-state index in [0.717, 1.165) is 27.5 Å². The molecule has 2 aromatic heterocycles. The van der Waals surface area contributed by atoms with E-state index in [1.165, 1.54) is 16.9 Å². The maximum atomic E-state index is 13.4. The number of rotatable bonds is 6. The van der Waals surface area contributed by atoms with E-state index in [2.05, 4.69) is 42.3 Å². The van der Waals surface area contributed by atoms with Crippen molar-refractivity contribution >= 4 is 17.2 Å². The number of hydrogen-bond acceptors (Lipinski definition) is 5. The van der Waals surface area contributed by atoms with Crippen LogP contribution in [-0.2, 0) is 7.05 Å². The lowest BCUT2D eigenvalue weighted by molar-refractivity contribution is 0.0944. The normalized spacial score (nSPS) is 11.9. The summed E-state index contributed by atoms with van der Waals surface area (Å²) < 4.78 is 7.46. The summed E-state index contributed by atoms with van der Waals surface area (Å²) in [6.45, 7) is 6.01. The second-order valence-electron chi connectivity index (χ2n) is 7.80. The Morgan fingerprint density at radius 2 is 1.94 bits per heavy atom. The standard InChI is InChI=1S/C25H26N4O2S/c1-15-10-11-18(16(2)14-15)25-27-17(3)22(32-25)24(30)28-21(23-26-12-13-29(23)4)19-8-6-7-9-20(19)31-5/h6-14,21H,1-5H3,(H,28,30). The molecule has 164 valence electrons. The highest BCUT2D eigenvalue weighted by Gasteiger charge is 2.26. The lowest BCUT2D eigenvalue weighted by Crippen LogP contribution is -2.31. The van der Waals surface area contributed by atoms with Crippen molar-refractivity contribution < 1.29 is 9.53 Å². The molecule has 1 N–H and O–H groups in total. The molecule has 0 aliphatic carbocycles. The van der Waals surface area contributed by atoms with Crippen molar-refractivity contribution in [2.75, 3.05) is 7.11 Å². The molecule has 32 heavy (non-hydrogen) atoms. The number of amides is 1. The van der Waals surface area contributed by atoms with Crippen LogP contribution in [0.25, 0.3) is 10.6 Å². The second kappa shape index (κ2) is 8.96. The molecule has 6 nitrogen and oxygen atoms in total. The van der Waals surface area contributed by atoms with Gasteiger partial charge in [0.15, 0.2) is 0 Å². The van der Waals surface area contributed by atoms with Crippen molar-refractivity contribution in [1.29, 1.82) is 0 Å². The molecule has 0 aliphatic rings. The number of hydrogen-bond donors (Lipinski definition) is 1. The van der Waals surface area contributed by atoms with E-state index in [9.17, 15) is 4.79 Å². The quantitative estimate of drug-likeness (QED) is 0.453. The van der Waals surface area contributed by atoms with Gasteiger partial charge in [0.05, 0.1) is 12.8 Å². The fourth-order valence-electron chi connectivity index (χ4n) is 3.81. The van der Waals surface area contributed by atoms with Gasteiger partial charge in [0.2, 0.25) is 0 Å². The molecule has 4 aromatic rings. The molecule has 0 bridgehead atoms. The Kier molecular flexibility index (Phi) is 6.10. The van der Waals surface area contributed by atoms with Crippen LogP contribution < -0.4 is 10.1 Å². The van der Waals surface area contributed by atoms with Gasteiger partial charge in [0.1, 0.15) is 27.5 Å². The minimum atomic E-state index is -0.468. The van der Waals surface area contributed by atoms with Crippen molar-refractivity contribution in [2.45, 2.75) is 26.8 Å². The van der Waals surface area contributed by atoms with Crippen LogP contribution in [0.5, 0.6) is 5.75 Å². The molecule has 0 fully saturated rings. The number of nitrogens with zero attached hydrogens (tertiary/aromatic N) is 3. The fraction of sp³-hybridized carbons (Fsp3) is 0.240. The number of methoxy groups -OCH3 is 1. The van der Waals surface area contributed by atoms with Gasteiger partial charge < -0.3 is 14.6 Å². The van der Waals surface area contributed by atoms with Crippen molar-refractivity contribution in [2.24, 2.45) is 7.05 Å². The van der Waals surface area contributed by atoms with E-state index < -0.39 is 6.04 Å². The van der Waals surface area contributed by atoms with E-state index in [1.807, 2.05) is 49.0 Å². The fourth-order valence-corrected chi connectivity index (χ4v) is 4.87. The molecule has 0 saturated heterocycles. The summed E-state index contributed by atoms with van der Waals surface area (Å²) in [6.07, 6.45) is 3.58. The molecule has 1 amide bonds. The summed E-state index contributed by atoms with van der Waals surface area (Å²) in [4.78, 5) is 23.2. The molecule has 2 aromatic carbocycles. The highest BCUT2D eigenvalue weighted by molar-refractivity contribution is 7.17. The molecule has 0 saturated carbocycles. The van der Waals surface area contributed by atoms with Crippen molar-refractivity contribution in [3.8, 4) is 16.3 Å². The molecule has 4 rings (SSSR count). The third-order valence-corrected chi connectivity index (χ3v) is 6.65. The van der Waals surface area contributed by atoms with Crippen LogP contribution in [0.4, 0.5) is 0 Å². The summed E-state index contributed by atoms with van der Waals surface area (Å²) in [5.41, 5.74) is 4.95. The van der Waals surface area contributed by atoms with Crippen LogP contribution in [0.3, 0.4) is 0 Å². The highest BCUT2D eigenvalue weighted by Crippen LogP contribution is 2.33. The first-order valence-corrected chi connectivity index (χ1v) is 11.2. The van der Waals surface area contributed by atoms with E-state index in [1.54, 1.807) is 13.3 Å². The zero-order valence-corrected chi connectivity index (χ0v) is 19.7. The lowest BCUT2D eigenvalue weighted by Gasteiger charge is -2.21. The average molecular weight is 447 g/mol. The summed E-state index contributed by atoms with van der Waals surface area (Å²) >= 11 is 1.41. The van der Waals surface area contributed by atoms with Crippen LogP contribution in [-0.4, -0.2) is 27.6 Å². The zero-order valence-electron chi connectivity index (χ0n) is 18.8. The number of carbonyl (C=O) groups is 1. The Balaban J connectivity index is 1.70. The summed E-state index contributed by atoms with van der Waals surface area (Å²) in [6, 6.07) is 13.5. The van der Waals surface area contributed by atoms with Crippen LogP contribution in [0.1, 0.15) is 43.9 Å². The van der Waals surface area contributed by atoms with Gasteiger partial charge in [-0.3, -0.25) is 4.79 Å². The lowest BCUT2D eigenvalue weighted by atomic mass is 10.0. The van der Waals surface area contributed by atoms with E-state index >= 15 is 0 Å². The van der Waals surface area contributed by atoms with Crippen molar-refractivity contribution in [1.82, 2.24) is 19.9 Å². The first kappa shape index (κ1) is 21.8. The van der Waals surface area contributed by atoms with Gasteiger partial charge in [-0.05, 0) is 32.4 Å². The smallest absolute Gasteiger partial charge is 0.264 e. The van der Waals surface area contributed by atoms with Crippen molar-refractivity contribution in [3.63, 3.8) is 0 Å². The van der Waals surface area contributed by atoms with Gasteiger partial charge in [-0.25, -0.2) is 9.97 Å². The monoisotopic (exact) mass is 446 g/mol. The molecule has 0 spiro atoms. The molecule has 0 radical (unpaired) electrons. The molecular weight excluding hydrogens is 420 g/mol. The minimum absolute atomic E-state index is 0.185. The molecule has 2 heterocycles. The highest BCUT2D eigenvalue weighted by atomic mass is 32.1. The van der Waals surface area contributed by atoms with Gasteiger partial charge in [-0.2, -0.15) is 0 Å². The van der Waals surface area contributed by atoms with Gasteiger partial charge in [-0.1, -0.05) is 42.0 Å². The number of carbonyl (C=O) groups excluding carboxylic acids is 1. The largest absolute Gasteiger partial charge is 0.496 e. The number of aromatic nitrogens is 3. The molecule has 7 heteroatoms. The number of imidazole rings is 1. The van der Waals surface area contributed by atoms with Crippen LogP contribution >= 0.6 is 11.3 Å². The first-order chi connectivity index (χ1) is 15.4. The van der Waals surface area contributed by atoms with E-state index in [-0.39, 0.29) is 5.91 Å². The number of aryl methyl sites for hydroxylation is 4. The number of nitrogens with one attached hydrogen (secondary N) is 1. The van der Waals surface area contributed by atoms with Gasteiger partial charge in [0, 0.05) is 30.6 Å². The SMILES string of the molecule is COc1ccccc1C(NC(=O)c1sc(-c2ccc(C)cc2C)nc1C)c1nccn1C. The maximum Gasteiger partial charge on any atom is 0.264 e. The third-order valence-electron chi connectivity index (χ3n) is 5.46. The predicted octanol–water partition coefficient (Wildman–Crippen LogP) is 5.00. The maximum absolute atomic E-state index is 13.4. The number of benzene rings is 2. The summed E-state index contributed by atoms with van der Waals surface area (Å²) in [5, 5.41) is 4.01. The van der Waals surface area contributed by atoms with Crippen LogP contribution in [0.2, 0.25) is 0 Å². The first-order valence-electron chi connectivity index (χ1n) is 10.3. The van der Waals surface area contributed by atoms with Gasteiger partial charge in [-0.15, -0.1) is 11.3 Å². The van der Waals surface area contributed by atoms with Crippen molar-refractivity contribution in [3.05, 3.63) is 87.9 Å². The molecule has 0 aliphatic heterocycles. The zero-order chi connectivity index (χ0) is 22.8. The third kappa shape index (κ3) is 4.16. The molecule has 1 atom stereocenters. The molecular formula is C25H26N4O2S. The topological polar surface area (TPSA) is 69.0 Å².